The number of nitrogens with zero attached hydrogens (tertiary/aromatic N) is 1. The van der Waals surface area contributed by atoms with Gasteiger partial charge in [-0.05, 0) is 76.9 Å². The van der Waals surface area contributed by atoms with E-state index in [1.807, 2.05) is 51.1 Å². The van der Waals surface area contributed by atoms with Crippen molar-refractivity contribution in [3.05, 3.63) is 57.1 Å². The Morgan fingerprint density at radius 3 is 2.52 bits per heavy atom. The zero-order chi connectivity index (χ0) is 23.8. The molecule has 0 aliphatic carbocycles. The molecule has 0 atom stereocenters. The molecule has 6 nitrogen and oxygen atoms in total. The second-order valence-electron chi connectivity index (χ2n) is 9.03. The van der Waals surface area contributed by atoms with Gasteiger partial charge in [0, 0.05) is 27.5 Å². The number of rotatable bonds is 10. The number of amides is 2. The average molecular weight is 488 g/mol. The van der Waals surface area contributed by atoms with Crippen molar-refractivity contribution in [3.63, 3.8) is 0 Å². The summed E-state index contributed by atoms with van der Waals surface area (Å²) in [4.78, 5) is 29.6. The fourth-order valence-corrected chi connectivity index (χ4v) is 5.28. The van der Waals surface area contributed by atoms with E-state index in [0.717, 1.165) is 45.8 Å². The highest BCUT2D eigenvalue weighted by molar-refractivity contribution is 7.20. The maximum Gasteiger partial charge on any atom is 0.407 e. The zero-order valence-electron chi connectivity index (χ0n) is 19.8. The Morgan fingerprint density at radius 2 is 1.76 bits per heavy atom. The molecule has 1 aromatic carbocycles. The lowest BCUT2D eigenvalue weighted by Crippen LogP contribution is -2.33. The van der Waals surface area contributed by atoms with Crippen LogP contribution in [0.1, 0.15) is 46.6 Å². The molecule has 2 heterocycles. The number of likely N-dealkylation sites (N-methyl/N-ethyl adjacent to an activating group) is 1. The molecule has 0 radical (unpaired) electrons. The van der Waals surface area contributed by atoms with Crippen LogP contribution in [0.2, 0.25) is 0 Å². The van der Waals surface area contributed by atoms with Gasteiger partial charge in [-0.2, -0.15) is 0 Å². The van der Waals surface area contributed by atoms with Gasteiger partial charge in [0.1, 0.15) is 5.60 Å². The highest BCUT2D eigenvalue weighted by atomic mass is 32.1. The van der Waals surface area contributed by atoms with E-state index in [4.69, 9.17) is 4.74 Å². The van der Waals surface area contributed by atoms with E-state index in [1.54, 1.807) is 11.3 Å². The predicted octanol–water partition coefficient (Wildman–Crippen LogP) is 5.28. The molecular formula is C25H33N3O3S2. The van der Waals surface area contributed by atoms with Crippen molar-refractivity contribution in [1.82, 2.24) is 15.5 Å². The van der Waals surface area contributed by atoms with Crippen LogP contribution in [0.5, 0.6) is 0 Å². The summed E-state index contributed by atoms with van der Waals surface area (Å²) in [7, 11) is 2.08. The van der Waals surface area contributed by atoms with Crippen LogP contribution in [0.15, 0.2) is 42.5 Å². The summed E-state index contributed by atoms with van der Waals surface area (Å²) in [5.74, 6) is -0.00398. The van der Waals surface area contributed by atoms with Gasteiger partial charge in [-0.15, -0.1) is 22.7 Å². The number of hydrogen-bond donors (Lipinski definition) is 2. The molecular weight excluding hydrogens is 454 g/mol. The minimum Gasteiger partial charge on any atom is -0.444 e. The molecule has 2 aromatic heterocycles. The van der Waals surface area contributed by atoms with Gasteiger partial charge in [0.25, 0.3) is 5.91 Å². The number of fused-ring (bicyclic) bond motifs is 1. The van der Waals surface area contributed by atoms with Crippen LogP contribution in [0, 0.1) is 0 Å². The molecule has 3 rings (SSSR count). The van der Waals surface area contributed by atoms with Gasteiger partial charge in [-0.1, -0.05) is 18.2 Å². The molecule has 0 aliphatic rings. The van der Waals surface area contributed by atoms with Gasteiger partial charge in [-0.25, -0.2) is 4.79 Å². The van der Waals surface area contributed by atoms with Crippen LogP contribution in [0.25, 0.3) is 10.1 Å². The third-order valence-electron chi connectivity index (χ3n) is 4.91. The largest absolute Gasteiger partial charge is 0.444 e. The Morgan fingerprint density at radius 1 is 1.00 bits per heavy atom. The number of carbonyl (C=O) groups excluding carboxylic acids is 2. The summed E-state index contributed by atoms with van der Waals surface area (Å²) >= 11 is 3.25. The molecule has 0 spiro atoms. The second-order valence-corrected chi connectivity index (χ2v) is 11.4. The zero-order valence-corrected chi connectivity index (χ0v) is 21.4. The van der Waals surface area contributed by atoms with Crippen molar-refractivity contribution in [1.29, 1.82) is 0 Å². The smallest absolute Gasteiger partial charge is 0.407 e. The first-order valence-electron chi connectivity index (χ1n) is 11.2. The van der Waals surface area contributed by atoms with E-state index in [9.17, 15) is 9.59 Å². The monoisotopic (exact) mass is 487 g/mol. The van der Waals surface area contributed by atoms with E-state index in [-0.39, 0.29) is 5.91 Å². The summed E-state index contributed by atoms with van der Waals surface area (Å²) in [6.45, 7) is 8.45. The van der Waals surface area contributed by atoms with Crippen LogP contribution in [-0.4, -0.2) is 49.2 Å². The summed E-state index contributed by atoms with van der Waals surface area (Å²) in [6.07, 6.45) is 1.65. The van der Waals surface area contributed by atoms with Gasteiger partial charge in [0.15, 0.2) is 0 Å². The number of nitrogens with one attached hydrogen (secondary N) is 2. The van der Waals surface area contributed by atoms with Crippen LogP contribution >= 0.6 is 22.7 Å². The van der Waals surface area contributed by atoms with Gasteiger partial charge in [-0.3, -0.25) is 4.79 Å². The Labute approximate surface area is 203 Å². The maximum absolute atomic E-state index is 12.4. The molecule has 0 saturated carbocycles. The fraction of sp³-hybridized carbons (Fsp3) is 0.440. The molecule has 0 saturated heterocycles. The molecule has 3 aromatic rings. The molecule has 33 heavy (non-hydrogen) atoms. The van der Waals surface area contributed by atoms with Crippen molar-refractivity contribution in [2.75, 3.05) is 26.7 Å². The van der Waals surface area contributed by atoms with E-state index in [0.29, 0.717) is 13.1 Å². The first-order valence-corrected chi connectivity index (χ1v) is 12.8. The Hall–Kier alpha value is -2.42. The number of aryl methyl sites for hydroxylation is 1. The number of ether oxygens (including phenoxy) is 1. The Balaban J connectivity index is 1.31. The average Bonchev–Trinajstić information content (AvgIpc) is 3.38. The first kappa shape index (κ1) is 25.2. The second kappa shape index (κ2) is 11.6. The number of alkyl carbamates (subject to hydrolysis) is 1. The lowest BCUT2D eigenvalue weighted by molar-refractivity contribution is 0.0524. The van der Waals surface area contributed by atoms with Gasteiger partial charge < -0.3 is 20.3 Å². The Kier molecular flexibility index (Phi) is 8.88. The van der Waals surface area contributed by atoms with Crippen LogP contribution in [0.4, 0.5) is 4.79 Å². The third kappa shape index (κ3) is 8.46. The topological polar surface area (TPSA) is 70.7 Å². The summed E-state index contributed by atoms with van der Waals surface area (Å²) < 4.78 is 6.40. The number of hydrogen-bond acceptors (Lipinski definition) is 6. The fourth-order valence-electron chi connectivity index (χ4n) is 3.30. The van der Waals surface area contributed by atoms with E-state index in [2.05, 4.69) is 34.7 Å². The molecule has 0 bridgehead atoms. The highest BCUT2D eigenvalue weighted by Crippen LogP contribution is 2.25. The van der Waals surface area contributed by atoms with Gasteiger partial charge in [0.2, 0.25) is 0 Å². The summed E-state index contributed by atoms with van der Waals surface area (Å²) in [5, 5.41) is 6.94. The molecule has 0 unspecified atom stereocenters. The number of thiophene rings is 2. The number of benzene rings is 1. The van der Waals surface area contributed by atoms with Gasteiger partial charge >= 0.3 is 6.09 Å². The molecule has 2 N–H and O–H groups in total. The van der Waals surface area contributed by atoms with Crippen molar-refractivity contribution in [3.8, 4) is 0 Å². The Bertz CT molecular complexity index is 1040. The summed E-state index contributed by atoms with van der Waals surface area (Å²) in [6, 6.07) is 14.2. The minimum atomic E-state index is -0.488. The third-order valence-corrected chi connectivity index (χ3v) is 7.17. The predicted molar refractivity (Wildman–Crippen MR) is 137 cm³/mol. The lowest BCUT2D eigenvalue weighted by atomic mass is 10.2. The van der Waals surface area contributed by atoms with Crippen molar-refractivity contribution < 1.29 is 14.3 Å². The first-order chi connectivity index (χ1) is 15.7. The molecule has 8 heteroatoms. The normalized spacial score (nSPS) is 11.7. The van der Waals surface area contributed by atoms with Crippen molar-refractivity contribution in [2.45, 2.75) is 45.8 Å². The quantitative estimate of drug-likeness (QED) is 0.408. The van der Waals surface area contributed by atoms with Crippen LogP contribution in [-0.2, 0) is 17.7 Å². The van der Waals surface area contributed by atoms with Crippen molar-refractivity contribution in [2.24, 2.45) is 0 Å². The van der Waals surface area contributed by atoms with E-state index < -0.39 is 11.7 Å². The van der Waals surface area contributed by atoms with Crippen LogP contribution < -0.4 is 10.6 Å². The molecule has 0 aliphatic heterocycles. The SMILES string of the molecule is CN(CCCc1ccc(CNC(=O)OC(C)(C)C)s1)CCNC(=O)c1cc2ccccc2s1. The van der Waals surface area contributed by atoms with E-state index in [1.165, 1.54) is 16.2 Å². The van der Waals surface area contributed by atoms with Crippen LogP contribution in [0.3, 0.4) is 0 Å². The highest BCUT2D eigenvalue weighted by Gasteiger charge is 2.16. The standard InChI is InChI=1S/C25H33N3O3S2/c1-25(2,3)31-24(30)27-17-20-12-11-19(32-20)9-7-14-28(4)15-13-26-23(29)22-16-18-8-5-6-10-21(18)33-22/h5-6,8,10-12,16H,7,9,13-15,17H2,1-4H3,(H,26,29)(H,27,30). The molecule has 0 fully saturated rings. The molecule has 178 valence electrons. The molecule has 2 amide bonds. The minimum absolute atomic E-state index is 0.00398. The van der Waals surface area contributed by atoms with Crippen molar-refractivity contribution >= 4 is 44.8 Å². The van der Waals surface area contributed by atoms with E-state index >= 15 is 0 Å². The maximum atomic E-state index is 12.4. The number of carbonyl (C=O) groups is 2. The van der Waals surface area contributed by atoms with Gasteiger partial charge in [0.05, 0.1) is 11.4 Å². The lowest BCUT2D eigenvalue weighted by Gasteiger charge is -2.19. The summed E-state index contributed by atoms with van der Waals surface area (Å²) in [5.41, 5.74) is -0.488.